The minimum Gasteiger partial charge on any atom is -0.493 e. The summed E-state index contributed by atoms with van der Waals surface area (Å²) in [4.78, 5) is 12.8. The van der Waals surface area contributed by atoms with E-state index in [-0.39, 0.29) is 5.92 Å². The number of morpholine rings is 1. The molecule has 0 N–H and O–H groups in total. The second kappa shape index (κ2) is 8.18. The molecule has 3 heterocycles. The van der Waals surface area contributed by atoms with Crippen LogP contribution >= 0.6 is 0 Å². The molecule has 2 aromatic rings. The summed E-state index contributed by atoms with van der Waals surface area (Å²) in [5.74, 6) is 2.29. The van der Waals surface area contributed by atoms with Crippen molar-refractivity contribution in [3.05, 3.63) is 35.8 Å². The summed E-state index contributed by atoms with van der Waals surface area (Å²) >= 11 is 0. The summed E-state index contributed by atoms with van der Waals surface area (Å²) < 4.78 is 30.7. The van der Waals surface area contributed by atoms with Gasteiger partial charge in [0.1, 0.15) is 0 Å². The van der Waals surface area contributed by atoms with Gasteiger partial charge in [0.05, 0.1) is 33.6 Å². The first-order valence-corrected chi connectivity index (χ1v) is 9.52. The monoisotopic (exact) mass is 388 g/mol. The number of hydrogen-bond acceptors (Lipinski definition) is 7. The normalized spacial score (nSPS) is 19.8. The zero-order chi connectivity index (χ0) is 19.5. The number of ether oxygens (including phenoxy) is 3. The number of nitrogens with zero attached hydrogens (tertiary/aromatic N) is 4. The van der Waals surface area contributed by atoms with Crippen molar-refractivity contribution in [2.24, 2.45) is 0 Å². The van der Waals surface area contributed by atoms with Crippen LogP contribution in [0.3, 0.4) is 0 Å². The second-order valence-corrected chi connectivity index (χ2v) is 6.96. The number of hydrogen-bond donors (Lipinski definition) is 0. The number of rotatable bonds is 5. The van der Waals surface area contributed by atoms with Crippen molar-refractivity contribution in [3.8, 4) is 11.5 Å². The molecule has 1 unspecified atom stereocenters. The average molecular weight is 388 g/mol. The minimum absolute atomic E-state index is 0.269. The molecule has 2 aliphatic rings. The Bertz CT molecular complexity index is 829. The highest BCUT2D eigenvalue weighted by Gasteiger charge is 2.30. The molecule has 2 aliphatic heterocycles. The number of para-hydroxylation sites is 1. The molecule has 7 nitrogen and oxygen atoms in total. The number of anilines is 2. The maximum Gasteiger partial charge on any atom is 0.227 e. The fourth-order valence-corrected chi connectivity index (χ4v) is 3.93. The van der Waals surface area contributed by atoms with Crippen LogP contribution in [0, 0.1) is 5.82 Å². The van der Waals surface area contributed by atoms with E-state index >= 15 is 0 Å². The lowest BCUT2D eigenvalue weighted by atomic mass is 9.97. The Morgan fingerprint density at radius 1 is 1.11 bits per heavy atom. The van der Waals surface area contributed by atoms with E-state index < -0.39 is 5.82 Å². The Kier molecular flexibility index (Phi) is 5.47. The molecule has 2 fully saturated rings. The van der Waals surface area contributed by atoms with Gasteiger partial charge in [-0.3, -0.25) is 0 Å². The van der Waals surface area contributed by atoms with E-state index in [2.05, 4.69) is 20.9 Å². The Morgan fingerprint density at radius 3 is 2.68 bits per heavy atom. The fourth-order valence-electron chi connectivity index (χ4n) is 3.93. The summed E-state index contributed by atoms with van der Waals surface area (Å²) in [6.45, 7) is 3.99. The highest BCUT2D eigenvalue weighted by atomic mass is 19.1. The van der Waals surface area contributed by atoms with Crippen molar-refractivity contribution < 1.29 is 18.6 Å². The van der Waals surface area contributed by atoms with E-state index in [9.17, 15) is 4.39 Å². The van der Waals surface area contributed by atoms with Crippen LogP contribution in [0.5, 0.6) is 11.5 Å². The number of benzene rings is 1. The quantitative estimate of drug-likeness (QED) is 0.780. The maximum absolute atomic E-state index is 14.3. The maximum atomic E-state index is 14.3. The zero-order valence-corrected chi connectivity index (χ0v) is 16.2. The van der Waals surface area contributed by atoms with E-state index in [0.717, 1.165) is 36.6 Å². The van der Waals surface area contributed by atoms with Gasteiger partial charge in [-0.1, -0.05) is 12.1 Å². The Morgan fingerprint density at radius 2 is 1.93 bits per heavy atom. The molecule has 1 aromatic carbocycles. The van der Waals surface area contributed by atoms with Crippen molar-refractivity contribution in [2.45, 2.75) is 12.3 Å². The molecule has 4 rings (SSSR count). The molecule has 0 saturated carbocycles. The van der Waals surface area contributed by atoms with Gasteiger partial charge in [0.15, 0.2) is 23.1 Å². The van der Waals surface area contributed by atoms with Gasteiger partial charge in [-0.2, -0.15) is 4.98 Å². The SMILES string of the molecule is COc1cccc(C2CCN(c3ncc(F)c(N4CCOCC4)n3)C2)c1OC. The van der Waals surface area contributed by atoms with Gasteiger partial charge >= 0.3 is 0 Å². The summed E-state index contributed by atoms with van der Waals surface area (Å²) in [6.07, 6.45) is 2.21. The van der Waals surface area contributed by atoms with E-state index in [4.69, 9.17) is 14.2 Å². The fraction of sp³-hybridized carbons (Fsp3) is 0.500. The first kappa shape index (κ1) is 18.7. The van der Waals surface area contributed by atoms with Crippen molar-refractivity contribution in [3.63, 3.8) is 0 Å². The van der Waals surface area contributed by atoms with Crippen LogP contribution in [0.25, 0.3) is 0 Å². The second-order valence-electron chi connectivity index (χ2n) is 6.96. The summed E-state index contributed by atoms with van der Waals surface area (Å²) in [6, 6.07) is 5.94. The average Bonchev–Trinajstić information content (AvgIpc) is 3.24. The largest absolute Gasteiger partial charge is 0.493 e. The van der Waals surface area contributed by atoms with E-state index in [1.807, 2.05) is 17.0 Å². The standard InChI is InChI=1S/C20H25FN4O3/c1-26-17-5-3-4-15(18(17)27-2)14-6-7-25(13-14)20-22-12-16(21)19(23-20)24-8-10-28-11-9-24/h3-5,12,14H,6-11,13H2,1-2H3. The molecule has 0 aliphatic carbocycles. The van der Waals surface area contributed by atoms with Crippen LogP contribution < -0.4 is 19.3 Å². The molecular weight excluding hydrogens is 363 g/mol. The highest BCUT2D eigenvalue weighted by molar-refractivity contribution is 5.51. The molecule has 0 radical (unpaired) electrons. The number of methoxy groups -OCH3 is 2. The Hall–Kier alpha value is -2.61. The molecule has 0 amide bonds. The lowest BCUT2D eigenvalue weighted by Crippen LogP contribution is -2.37. The van der Waals surface area contributed by atoms with Crippen LogP contribution in [-0.2, 0) is 4.74 Å². The number of halogens is 1. The third kappa shape index (κ3) is 3.56. The van der Waals surface area contributed by atoms with Crippen LogP contribution in [0.1, 0.15) is 17.9 Å². The topological polar surface area (TPSA) is 60.0 Å². The molecular formula is C20H25FN4O3. The van der Waals surface area contributed by atoms with Crippen LogP contribution in [0.4, 0.5) is 16.2 Å². The van der Waals surface area contributed by atoms with Crippen molar-refractivity contribution in [2.75, 3.05) is 63.4 Å². The minimum atomic E-state index is -0.393. The molecule has 0 spiro atoms. The van der Waals surface area contributed by atoms with E-state index in [1.54, 1.807) is 14.2 Å². The van der Waals surface area contributed by atoms with Crippen LogP contribution in [0.2, 0.25) is 0 Å². The number of aromatic nitrogens is 2. The van der Waals surface area contributed by atoms with Gasteiger partial charge in [-0.15, -0.1) is 0 Å². The molecule has 8 heteroatoms. The lowest BCUT2D eigenvalue weighted by Gasteiger charge is -2.28. The third-order valence-electron chi connectivity index (χ3n) is 5.37. The first-order chi connectivity index (χ1) is 13.7. The van der Waals surface area contributed by atoms with Gasteiger partial charge < -0.3 is 24.0 Å². The van der Waals surface area contributed by atoms with E-state index in [1.165, 1.54) is 6.20 Å². The predicted octanol–water partition coefficient (Wildman–Crippen LogP) is 2.46. The van der Waals surface area contributed by atoms with Crippen molar-refractivity contribution in [1.82, 2.24) is 9.97 Å². The Labute approximate surface area is 164 Å². The third-order valence-corrected chi connectivity index (χ3v) is 5.37. The molecule has 2 saturated heterocycles. The predicted molar refractivity (Wildman–Crippen MR) is 104 cm³/mol. The van der Waals surface area contributed by atoms with Gasteiger partial charge in [0.25, 0.3) is 0 Å². The molecule has 1 aromatic heterocycles. The molecule has 1 atom stereocenters. The van der Waals surface area contributed by atoms with Gasteiger partial charge in [-0.25, -0.2) is 9.37 Å². The van der Waals surface area contributed by atoms with Crippen molar-refractivity contribution >= 4 is 11.8 Å². The van der Waals surface area contributed by atoms with Crippen LogP contribution in [-0.4, -0.2) is 63.6 Å². The van der Waals surface area contributed by atoms with E-state index in [0.29, 0.717) is 38.1 Å². The van der Waals surface area contributed by atoms with Gasteiger partial charge in [0.2, 0.25) is 5.95 Å². The smallest absolute Gasteiger partial charge is 0.227 e. The summed E-state index contributed by atoms with van der Waals surface area (Å²) in [7, 11) is 3.30. The summed E-state index contributed by atoms with van der Waals surface area (Å²) in [5.41, 5.74) is 1.11. The molecule has 150 valence electrons. The lowest BCUT2D eigenvalue weighted by molar-refractivity contribution is 0.122. The summed E-state index contributed by atoms with van der Waals surface area (Å²) in [5, 5.41) is 0. The molecule has 28 heavy (non-hydrogen) atoms. The molecule has 0 bridgehead atoms. The Balaban J connectivity index is 1.55. The highest BCUT2D eigenvalue weighted by Crippen LogP contribution is 2.39. The first-order valence-electron chi connectivity index (χ1n) is 9.52. The zero-order valence-electron chi connectivity index (χ0n) is 16.2. The van der Waals surface area contributed by atoms with Crippen LogP contribution in [0.15, 0.2) is 24.4 Å². The van der Waals surface area contributed by atoms with Gasteiger partial charge in [0, 0.05) is 37.7 Å². The van der Waals surface area contributed by atoms with Gasteiger partial charge in [-0.05, 0) is 12.5 Å². The van der Waals surface area contributed by atoms with Crippen molar-refractivity contribution in [1.29, 1.82) is 0 Å².